The molecule has 1 aromatic heterocycles. The first-order valence-corrected chi connectivity index (χ1v) is 5.32. The number of hydrogen-bond donors (Lipinski definition) is 0. The molecule has 0 amide bonds. The molecule has 2 rings (SSSR count). The molecule has 5 heteroatoms. The van der Waals surface area contributed by atoms with E-state index in [9.17, 15) is 4.39 Å². The topological polar surface area (TPSA) is 35.0 Å². The minimum atomic E-state index is -0.323. The molecule has 0 spiro atoms. The van der Waals surface area contributed by atoms with Crippen LogP contribution in [0, 0.1) is 5.82 Å². The van der Waals surface area contributed by atoms with Gasteiger partial charge in [0.15, 0.2) is 0 Å². The van der Waals surface area contributed by atoms with E-state index >= 15 is 0 Å². The summed E-state index contributed by atoms with van der Waals surface area (Å²) in [6, 6.07) is 5.33. The maximum atomic E-state index is 13.7. The molecule has 0 saturated heterocycles. The highest BCUT2D eigenvalue weighted by Gasteiger charge is 2.08. The van der Waals surface area contributed by atoms with E-state index in [1.165, 1.54) is 19.5 Å². The number of ether oxygens (including phenoxy) is 1. The van der Waals surface area contributed by atoms with Gasteiger partial charge in [0, 0.05) is 23.5 Å². The summed E-state index contributed by atoms with van der Waals surface area (Å²) in [6.45, 7) is 0. The number of hydrogen-bond acceptors (Lipinski definition) is 3. The Balaban J connectivity index is 2.46. The monoisotopic (exact) mass is 282 g/mol. The molecule has 0 N–H and O–H groups in total. The molecular weight excluding hydrogens is 275 g/mol. The third-order valence-electron chi connectivity index (χ3n) is 2.07. The number of rotatable bonds is 2. The summed E-state index contributed by atoms with van der Waals surface area (Å²) < 4.78 is 19.0. The lowest BCUT2D eigenvalue weighted by Gasteiger charge is -2.04. The van der Waals surface area contributed by atoms with Gasteiger partial charge in [0.1, 0.15) is 5.82 Å². The predicted molar refractivity (Wildman–Crippen MR) is 61.7 cm³/mol. The quantitative estimate of drug-likeness (QED) is 0.849. The second kappa shape index (κ2) is 4.57. The predicted octanol–water partition coefficient (Wildman–Crippen LogP) is 3.05. The van der Waals surface area contributed by atoms with E-state index in [0.717, 1.165) is 0 Å². The molecule has 1 aromatic carbocycles. The van der Waals surface area contributed by atoms with E-state index in [2.05, 4.69) is 25.9 Å². The van der Waals surface area contributed by atoms with E-state index < -0.39 is 0 Å². The number of aromatic nitrogens is 2. The molecule has 0 atom stereocenters. The average Bonchev–Trinajstić information content (AvgIpc) is 2.33. The van der Waals surface area contributed by atoms with Crippen LogP contribution < -0.4 is 4.74 Å². The second-order valence-corrected chi connectivity index (χ2v) is 3.91. The van der Waals surface area contributed by atoms with Crippen LogP contribution >= 0.6 is 15.9 Å². The van der Waals surface area contributed by atoms with Crippen LogP contribution in [0.25, 0.3) is 11.1 Å². The van der Waals surface area contributed by atoms with Crippen LogP contribution in [-0.2, 0) is 0 Å². The van der Waals surface area contributed by atoms with Gasteiger partial charge in [-0.3, -0.25) is 0 Å². The van der Waals surface area contributed by atoms with Gasteiger partial charge in [-0.2, -0.15) is 0 Å². The van der Waals surface area contributed by atoms with Crippen molar-refractivity contribution >= 4 is 15.9 Å². The van der Waals surface area contributed by atoms with Crippen molar-refractivity contribution in [1.29, 1.82) is 0 Å². The van der Waals surface area contributed by atoms with Crippen LogP contribution in [-0.4, -0.2) is 17.1 Å². The Morgan fingerprint density at radius 2 is 1.94 bits per heavy atom. The SMILES string of the molecule is COc1ncc(-c2cccc(Br)c2F)cn1. The van der Waals surface area contributed by atoms with Crippen LogP contribution in [0.1, 0.15) is 0 Å². The molecule has 1 heterocycles. The molecule has 3 nitrogen and oxygen atoms in total. The Kier molecular flexibility index (Phi) is 3.14. The number of benzene rings is 1. The van der Waals surface area contributed by atoms with Crippen LogP contribution in [0.3, 0.4) is 0 Å². The first-order valence-electron chi connectivity index (χ1n) is 4.53. The van der Waals surface area contributed by atoms with Gasteiger partial charge in [-0.1, -0.05) is 12.1 Å². The lowest BCUT2D eigenvalue weighted by Crippen LogP contribution is -1.93. The van der Waals surface area contributed by atoms with Crippen molar-refractivity contribution in [2.75, 3.05) is 7.11 Å². The molecule has 0 saturated carbocycles. The average molecular weight is 283 g/mol. The van der Waals surface area contributed by atoms with Crippen LogP contribution in [0.2, 0.25) is 0 Å². The Labute approximate surface area is 100 Å². The van der Waals surface area contributed by atoms with Gasteiger partial charge < -0.3 is 4.74 Å². The summed E-state index contributed by atoms with van der Waals surface area (Å²) >= 11 is 3.13. The fourth-order valence-electron chi connectivity index (χ4n) is 1.29. The van der Waals surface area contributed by atoms with Gasteiger partial charge in [-0.25, -0.2) is 14.4 Å². The van der Waals surface area contributed by atoms with Gasteiger partial charge >= 0.3 is 6.01 Å². The Bertz CT molecular complexity index is 502. The normalized spacial score (nSPS) is 10.2. The van der Waals surface area contributed by atoms with Gasteiger partial charge in [0.25, 0.3) is 0 Å². The molecule has 0 radical (unpaired) electrons. The van der Waals surface area contributed by atoms with Crippen molar-refractivity contribution in [2.45, 2.75) is 0 Å². The van der Waals surface area contributed by atoms with Crippen molar-refractivity contribution in [3.8, 4) is 17.1 Å². The summed E-state index contributed by atoms with van der Waals surface area (Å²) in [6.07, 6.45) is 3.05. The van der Waals surface area contributed by atoms with Crippen molar-refractivity contribution in [2.24, 2.45) is 0 Å². The molecule has 0 fully saturated rings. The van der Waals surface area contributed by atoms with E-state index in [1.54, 1.807) is 18.2 Å². The Hall–Kier alpha value is -1.49. The first kappa shape index (κ1) is 11.0. The minimum absolute atomic E-state index is 0.263. The van der Waals surface area contributed by atoms with E-state index in [1.807, 2.05) is 0 Å². The maximum absolute atomic E-state index is 13.7. The maximum Gasteiger partial charge on any atom is 0.316 e. The summed E-state index contributed by atoms with van der Waals surface area (Å²) in [4.78, 5) is 7.86. The lowest BCUT2D eigenvalue weighted by molar-refractivity contribution is 0.380. The first-order chi connectivity index (χ1) is 7.72. The van der Waals surface area contributed by atoms with Crippen molar-refractivity contribution in [1.82, 2.24) is 9.97 Å². The standard InChI is InChI=1S/C11H8BrFN2O/c1-16-11-14-5-7(6-15-11)8-3-2-4-9(12)10(8)13/h2-6H,1H3. The van der Waals surface area contributed by atoms with E-state index in [4.69, 9.17) is 4.74 Å². The number of methoxy groups -OCH3 is 1. The van der Waals surface area contributed by atoms with Gasteiger partial charge in [-0.15, -0.1) is 0 Å². The largest absolute Gasteiger partial charge is 0.467 e. The third-order valence-corrected chi connectivity index (χ3v) is 2.69. The van der Waals surface area contributed by atoms with Crippen molar-refractivity contribution in [3.63, 3.8) is 0 Å². The van der Waals surface area contributed by atoms with Crippen molar-refractivity contribution < 1.29 is 9.13 Å². The highest BCUT2D eigenvalue weighted by molar-refractivity contribution is 9.10. The highest BCUT2D eigenvalue weighted by Crippen LogP contribution is 2.27. The summed E-state index contributed by atoms with van der Waals surface area (Å²) in [7, 11) is 1.48. The zero-order chi connectivity index (χ0) is 11.5. The fourth-order valence-corrected chi connectivity index (χ4v) is 1.65. The fraction of sp³-hybridized carbons (Fsp3) is 0.0909. The van der Waals surface area contributed by atoms with Crippen LogP contribution in [0.5, 0.6) is 6.01 Å². The zero-order valence-corrected chi connectivity index (χ0v) is 10.0. The van der Waals surface area contributed by atoms with E-state index in [-0.39, 0.29) is 11.8 Å². The summed E-state index contributed by atoms with van der Waals surface area (Å²) in [5, 5.41) is 0. The van der Waals surface area contributed by atoms with Crippen LogP contribution in [0.15, 0.2) is 35.1 Å². The van der Waals surface area contributed by atoms with Gasteiger partial charge in [-0.05, 0) is 22.0 Å². The molecule has 0 aliphatic heterocycles. The minimum Gasteiger partial charge on any atom is -0.467 e. The van der Waals surface area contributed by atoms with E-state index in [0.29, 0.717) is 15.6 Å². The summed E-state index contributed by atoms with van der Waals surface area (Å²) in [5.74, 6) is -0.323. The molecule has 0 bridgehead atoms. The zero-order valence-electron chi connectivity index (χ0n) is 8.45. The molecule has 0 unspecified atom stereocenters. The molecular formula is C11H8BrFN2O. The van der Waals surface area contributed by atoms with Crippen LogP contribution in [0.4, 0.5) is 4.39 Å². The van der Waals surface area contributed by atoms with Crippen molar-refractivity contribution in [3.05, 3.63) is 40.9 Å². The number of halogens is 2. The van der Waals surface area contributed by atoms with Gasteiger partial charge in [0.2, 0.25) is 0 Å². The third kappa shape index (κ3) is 2.04. The summed E-state index contributed by atoms with van der Waals surface area (Å²) in [5.41, 5.74) is 1.07. The second-order valence-electron chi connectivity index (χ2n) is 3.06. The Morgan fingerprint density at radius 3 is 2.56 bits per heavy atom. The molecule has 82 valence electrons. The number of nitrogens with zero attached hydrogens (tertiary/aromatic N) is 2. The Morgan fingerprint density at radius 1 is 1.25 bits per heavy atom. The molecule has 0 aliphatic carbocycles. The molecule has 16 heavy (non-hydrogen) atoms. The molecule has 0 aliphatic rings. The van der Waals surface area contributed by atoms with Gasteiger partial charge in [0.05, 0.1) is 11.6 Å². The highest BCUT2D eigenvalue weighted by atomic mass is 79.9. The smallest absolute Gasteiger partial charge is 0.316 e. The lowest BCUT2D eigenvalue weighted by atomic mass is 10.1. The molecule has 2 aromatic rings.